The number of hydrogen-bond donors (Lipinski definition) is 2. The maximum absolute atomic E-state index is 9.54. The summed E-state index contributed by atoms with van der Waals surface area (Å²) in [4.78, 5) is 5.08. The summed E-state index contributed by atoms with van der Waals surface area (Å²) < 4.78 is 0. The van der Waals surface area contributed by atoms with Gasteiger partial charge in [0.1, 0.15) is 0 Å². The number of benzene rings is 1. The Bertz CT molecular complexity index is 685. The normalized spacial score (nSPS) is 18.8. The van der Waals surface area contributed by atoms with E-state index in [2.05, 4.69) is 70.2 Å². The molecular weight excluding hydrogens is 348 g/mol. The number of nitrogens with one attached hydrogen (secondary N) is 1. The molecule has 0 spiro atoms. The molecule has 28 heavy (non-hydrogen) atoms. The molecule has 1 saturated heterocycles. The standard InChI is InChI=1S/C23H36N4O/c1-19(2)15-21-16-22(25-24-21)17-26-12-13-27(23(18-26)10-14-28)11-6-9-20-7-4-3-5-8-20/h3-5,7-8,16,19,23,28H,6,9-15,17-18H2,1-2H3,(H,24,25). The van der Waals surface area contributed by atoms with Gasteiger partial charge in [-0.05, 0) is 49.8 Å². The Morgan fingerprint density at radius 2 is 2.04 bits per heavy atom. The number of H-pyrrole nitrogens is 1. The largest absolute Gasteiger partial charge is 0.396 e. The van der Waals surface area contributed by atoms with Gasteiger partial charge in [-0.1, -0.05) is 44.2 Å². The summed E-state index contributed by atoms with van der Waals surface area (Å²) in [6.07, 6.45) is 4.17. The minimum atomic E-state index is 0.260. The van der Waals surface area contributed by atoms with Crippen LogP contribution in [0.15, 0.2) is 36.4 Å². The molecule has 0 amide bonds. The van der Waals surface area contributed by atoms with Crippen LogP contribution in [0.5, 0.6) is 0 Å². The third kappa shape index (κ3) is 6.43. The lowest BCUT2D eigenvalue weighted by Crippen LogP contribution is -2.53. The summed E-state index contributed by atoms with van der Waals surface area (Å²) in [6, 6.07) is 13.4. The van der Waals surface area contributed by atoms with Crippen LogP contribution in [-0.2, 0) is 19.4 Å². The first-order chi connectivity index (χ1) is 13.6. The summed E-state index contributed by atoms with van der Waals surface area (Å²) in [7, 11) is 0. The van der Waals surface area contributed by atoms with Gasteiger partial charge in [-0.3, -0.25) is 14.9 Å². The maximum Gasteiger partial charge on any atom is 0.0628 e. The van der Waals surface area contributed by atoms with Crippen LogP contribution in [0.2, 0.25) is 0 Å². The van der Waals surface area contributed by atoms with Crippen molar-refractivity contribution in [2.75, 3.05) is 32.8 Å². The molecule has 1 fully saturated rings. The average Bonchev–Trinajstić information content (AvgIpc) is 3.10. The van der Waals surface area contributed by atoms with E-state index < -0.39 is 0 Å². The molecule has 0 radical (unpaired) electrons. The lowest BCUT2D eigenvalue weighted by Gasteiger charge is -2.41. The molecule has 0 saturated carbocycles. The Morgan fingerprint density at radius 3 is 2.79 bits per heavy atom. The van der Waals surface area contributed by atoms with E-state index in [-0.39, 0.29) is 6.61 Å². The van der Waals surface area contributed by atoms with E-state index >= 15 is 0 Å². The van der Waals surface area contributed by atoms with Crippen LogP contribution in [0.3, 0.4) is 0 Å². The number of aromatic nitrogens is 2. The molecule has 1 aromatic heterocycles. The minimum absolute atomic E-state index is 0.260. The number of aliphatic hydroxyl groups is 1. The molecule has 154 valence electrons. The van der Waals surface area contributed by atoms with Crippen molar-refractivity contribution in [3.63, 3.8) is 0 Å². The van der Waals surface area contributed by atoms with Gasteiger partial charge in [-0.15, -0.1) is 0 Å². The first-order valence-electron chi connectivity index (χ1n) is 10.8. The molecule has 1 aliphatic heterocycles. The average molecular weight is 385 g/mol. The zero-order valence-corrected chi connectivity index (χ0v) is 17.5. The van der Waals surface area contributed by atoms with Crippen molar-refractivity contribution in [2.24, 2.45) is 5.92 Å². The number of aromatic amines is 1. The van der Waals surface area contributed by atoms with Gasteiger partial charge in [-0.2, -0.15) is 5.10 Å². The zero-order chi connectivity index (χ0) is 19.8. The summed E-state index contributed by atoms with van der Waals surface area (Å²) in [5.41, 5.74) is 3.78. The number of piperazine rings is 1. The van der Waals surface area contributed by atoms with Crippen molar-refractivity contribution >= 4 is 0 Å². The van der Waals surface area contributed by atoms with Crippen molar-refractivity contribution in [3.05, 3.63) is 53.3 Å². The number of aryl methyl sites for hydroxylation is 1. The van der Waals surface area contributed by atoms with E-state index in [0.717, 1.165) is 57.7 Å². The first kappa shape index (κ1) is 21.0. The van der Waals surface area contributed by atoms with Crippen LogP contribution in [0.25, 0.3) is 0 Å². The number of nitrogens with zero attached hydrogens (tertiary/aromatic N) is 3. The fourth-order valence-electron chi connectivity index (χ4n) is 4.20. The van der Waals surface area contributed by atoms with E-state index in [0.29, 0.717) is 12.0 Å². The second-order valence-corrected chi connectivity index (χ2v) is 8.51. The molecule has 5 nitrogen and oxygen atoms in total. The van der Waals surface area contributed by atoms with Crippen molar-refractivity contribution in [1.29, 1.82) is 0 Å². The summed E-state index contributed by atoms with van der Waals surface area (Å²) in [5.74, 6) is 0.629. The molecule has 5 heteroatoms. The van der Waals surface area contributed by atoms with Crippen molar-refractivity contribution in [2.45, 2.75) is 52.1 Å². The van der Waals surface area contributed by atoms with E-state index in [1.54, 1.807) is 0 Å². The Balaban J connectivity index is 1.48. The van der Waals surface area contributed by atoms with Crippen LogP contribution in [0.4, 0.5) is 0 Å². The monoisotopic (exact) mass is 384 g/mol. The van der Waals surface area contributed by atoms with Gasteiger partial charge >= 0.3 is 0 Å². The van der Waals surface area contributed by atoms with E-state index in [1.165, 1.54) is 17.7 Å². The summed E-state index contributed by atoms with van der Waals surface area (Å²) in [6.45, 7) is 9.91. The molecule has 0 bridgehead atoms. The van der Waals surface area contributed by atoms with Gasteiger partial charge in [0.25, 0.3) is 0 Å². The van der Waals surface area contributed by atoms with Gasteiger partial charge in [-0.25, -0.2) is 0 Å². The lowest BCUT2D eigenvalue weighted by atomic mass is 10.1. The van der Waals surface area contributed by atoms with Gasteiger partial charge in [0.05, 0.1) is 5.69 Å². The highest BCUT2D eigenvalue weighted by atomic mass is 16.3. The quantitative estimate of drug-likeness (QED) is 0.661. The highest BCUT2D eigenvalue weighted by Crippen LogP contribution is 2.17. The van der Waals surface area contributed by atoms with Crippen LogP contribution >= 0.6 is 0 Å². The van der Waals surface area contributed by atoms with Crippen LogP contribution in [-0.4, -0.2) is 63.9 Å². The smallest absolute Gasteiger partial charge is 0.0628 e. The molecule has 1 unspecified atom stereocenters. The topological polar surface area (TPSA) is 55.4 Å². The Labute approximate surface area is 169 Å². The first-order valence-corrected chi connectivity index (χ1v) is 10.8. The molecule has 1 atom stereocenters. The summed E-state index contributed by atoms with van der Waals surface area (Å²) >= 11 is 0. The Hall–Kier alpha value is -1.69. The third-order valence-corrected chi connectivity index (χ3v) is 5.60. The van der Waals surface area contributed by atoms with Crippen molar-refractivity contribution in [1.82, 2.24) is 20.0 Å². The molecule has 2 N–H and O–H groups in total. The predicted octanol–water partition coefficient (Wildman–Crippen LogP) is 3.11. The molecular formula is C23H36N4O. The van der Waals surface area contributed by atoms with E-state index in [1.807, 2.05) is 0 Å². The molecule has 2 aromatic rings. The molecule has 1 aliphatic rings. The fourth-order valence-corrected chi connectivity index (χ4v) is 4.20. The van der Waals surface area contributed by atoms with Crippen molar-refractivity contribution in [3.8, 4) is 0 Å². The van der Waals surface area contributed by atoms with Crippen molar-refractivity contribution < 1.29 is 5.11 Å². The Morgan fingerprint density at radius 1 is 1.21 bits per heavy atom. The van der Waals surface area contributed by atoms with E-state index in [4.69, 9.17) is 0 Å². The van der Waals surface area contributed by atoms with E-state index in [9.17, 15) is 5.11 Å². The van der Waals surface area contributed by atoms with Gasteiger partial charge in [0.15, 0.2) is 0 Å². The SMILES string of the molecule is CC(C)Cc1cc(CN2CCN(CCCc3ccccc3)C(CCO)C2)[nH]n1. The van der Waals surface area contributed by atoms with Crippen LogP contribution in [0.1, 0.15) is 43.6 Å². The number of hydrogen-bond acceptors (Lipinski definition) is 4. The Kier molecular flexibility index (Phi) is 8.07. The number of rotatable bonds is 10. The molecule has 3 rings (SSSR count). The predicted molar refractivity (Wildman–Crippen MR) is 114 cm³/mol. The molecule has 1 aromatic carbocycles. The lowest BCUT2D eigenvalue weighted by molar-refractivity contribution is 0.0541. The second-order valence-electron chi connectivity index (χ2n) is 8.51. The summed E-state index contributed by atoms with van der Waals surface area (Å²) in [5, 5.41) is 17.2. The second kappa shape index (κ2) is 10.7. The number of aliphatic hydroxyl groups excluding tert-OH is 1. The highest BCUT2D eigenvalue weighted by Gasteiger charge is 2.26. The van der Waals surface area contributed by atoms with Gasteiger partial charge in [0, 0.05) is 44.5 Å². The molecule has 0 aliphatic carbocycles. The minimum Gasteiger partial charge on any atom is -0.396 e. The van der Waals surface area contributed by atoms with Gasteiger partial charge < -0.3 is 5.11 Å². The maximum atomic E-state index is 9.54. The van der Waals surface area contributed by atoms with Crippen LogP contribution in [0, 0.1) is 5.92 Å². The zero-order valence-electron chi connectivity index (χ0n) is 17.5. The van der Waals surface area contributed by atoms with Gasteiger partial charge in [0.2, 0.25) is 0 Å². The fraction of sp³-hybridized carbons (Fsp3) is 0.609. The third-order valence-electron chi connectivity index (χ3n) is 5.60. The van der Waals surface area contributed by atoms with Crippen LogP contribution < -0.4 is 0 Å². The highest BCUT2D eigenvalue weighted by molar-refractivity contribution is 5.14. The molecule has 2 heterocycles.